The van der Waals surface area contributed by atoms with E-state index in [-0.39, 0.29) is 5.97 Å². The molecule has 0 fully saturated rings. The Morgan fingerprint density at radius 1 is 0.679 bits per heavy atom. The van der Waals surface area contributed by atoms with Crippen molar-refractivity contribution in [2.45, 2.75) is 129 Å². The van der Waals surface area contributed by atoms with Crippen molar-refractivity contribution in [1.29, 1.82) is 0 Å². The van der Waals surface area contributed by atoms with E-state index >= 15 is 0 Å². The predicted molar refractivity (Wildman–Crippen MR) is 124 cm³/mol. The minimum atomic E-state index is -0.256. The molecular weight excluding hydrogens is 344 g/mol. The van der Waals surface area contributed by atoms with Crippen molar-refractivity contribution >= 4 is 5.97 Å². The van der Waals surface area contributed by atoms with Crippen LogP contribution in [0.3, 0.4) is 0 Å². The Hall–Kier alpha value is -1.05. The van der Waals surface area contributed by atoms with Crippen molar-refractivity contribution in [3.8, 4) is 0 Å². The average Bonchev–Trinajstić information content (AvgIpc) is 2.68. The third-order valence-corrected chi connectivity index (χ3v) is 5.24. The van der Waals surface area contributed by atoms with Crippen LogP contribution in [0.1, 0.15) is 129 Å². The zero-order chi connectivity index (χ0) is 20.7. The van der Waals surface area contributed by atoms with Gasteiger partial charge in [0.15, 0.2) is 0 Å². The van der Waals surface area contributed by atoms with Crippen LogP contribution in [0.5, 0.6) is 0 Å². The van der Waals surface area contributed by atoms with Crippen molar-refractivity contribution in [3.05, 3.63) is 24.3 Å². The quantitative estimate of drug-likeness (QED) is 0.0844. The first-order valence-corrected chi connectivity index (χ1v) is 12.2. The maximum atomic E-state index is 11.2. The highest BCUT2D eigenvalue weighted by Gasteiger charge is 2.01. The summed E-state index contributed by atoms with van der Waals surface area (Å²) in [5.41, 5.74) is 0.490. The second kappa shape index (κ2) is 22.2. The number of rotatable bonds is 21. The Balaban J connectivity index is 3.13. The molecule has 2 nitrogen and oxygen atoms in total. The van der Waals surface area contributed by atoms with Crippen molar-refractivity contribution in [1.82, 2.24) is 0 Å². The first-order chi connectivity index (χ1) is 13.7. The third-order valence-electron chi connectivity index (χ3n) is 5.24. The molecule has 2 heteroatoms. The number of hydrogen-bond donors (Lipinski definition) is 0. The molecule has 0 bridgehead atoms. The normalized spacial score (nSPS) is 11.2. The van der Waals surface area contributed by atoms with Crippen LogP contribution in [0, 0.1) is 0 Å². The Labute approximate surface area is 176 Å². The smallest absolute Gasteiger partial charge is 0.333 e. The van der Waals surface area contributed by atoms with Gasteiger partial charge in [-0.05, 0) is 39.0 Å². The fourth-order valence-electron chi connectivity index (χ4n) is 3.34. The van der Waals surface area contributed by atoms with E-state index in [0.717, 1.165) is 12.8 Å². The number of hydrogen-bond acceptors (Lipinski definition) is 2. The van der Waals surface area contributed by atoms with Gasteiger partial charge in [-0.3, -0.25) is 0 Å². The molecule has 0 aliphatic carbocycles. The summed E-state index contributed by atoms with van der Waals surface area (Å²) < 4.78 is 5.10. The molecule has 0 aromatic carbocycles. The predicted octanol–water partition coefficient (Wildman–Crippen LogP) is 8.70. The summed E-state index contributed by atoms with van der Waals surface area (Å²) in [5, 5.41) is 0. The topological polar surface area (TPSA) is 26.3 Å². The molecule has 0 aliphatic heterocycles. The number of allylic oxidation sites excluding steroid dienone is 2. The molecular formula is C26H48O2. The summed E-state index contributed by atoms with van der Waals surface area (Å²) in [6.45, 7) is 8.09. The highest BCUT2D eigenvalue weighted by Crippen LogP contribution is 2.12. The van der Waals surface area contributed by atoms with Crippen molar-refractivity contribution in [2.24, 2.45) is 0 Å². The van der Waals surface area contributed by atoms with E-state index in [9.17, 15) is 4.79 Å². The fraction of sp³-hybridized carbons (Fsp3) is 0.808. The Bertz CT molecular complexity index is 384. The largest absolute Gasteiger partial charge is 0.462 e. The van der Waals surface area contributed by atoms with Gasteiger partial charge in [0.25, 0.3) is 0 Å². The number of esters is 1. The maximum Gasteiger partial charge on any atom is 0.333 e. The second-order valence-corrected chi connectivity index (χ2v) is 8.27. The zero-order valence-electron chi connectivity index (χ0n) is 19.1. The van der Waals surface area contributed by atoms with Gasteiger partial charge in [-0.15, -0.1) is 0 Å². The summed E-state index contributed by atoms with van der Waals surface area (Å²) in [6.07, 6.45) is 28.7. The van der Waals surface area contributed by atoms with Gasteiger partial charge in [-0.25, -0.2) is 4.79 Å². The van der Waals surface area contributed by atoms with Crippen molar-refractivity contribution in [2.75, 3.05) is 6.61 Å². The first-order valence-electron chi connectivity index (χ1n) is 12.2. The van der Waals surface area contributed by atoms with Gasteiger partial charge in [0, 0.05) is 5.57 Å². The van der Waals surface area contributed by atoms with Crippen LogP contribution in [0.4, 0.5) is 0 Å². The zero-order valence-corrected chi connectivity index (χ0v) is 19.1. The lowest BCUT2D eigenvalue weighted by Gasteiger charge is -2.04. The molecule has 0 aliphatic rings. The van der Waals surface area contributed by atoms with Crippen LogP contribution >= 0.6 is 0 Å². The Kier molecular flexibility index (Phi) is 21.4. The number of ether oxygens (including phenoxy) is 1. The molecule has 0 saturated carbocycles. The lowest BCUT2D eigenvalue weighted by atomic mass is 10.1. The van der Waals surface area contributed by atoms with Gasteiger partial charge in [-0.1, -0.05) is 109 Å². The van der Waals surface area contributed by atoms with Crippen LogP contribution in [0.25, 0.3) is 0 Å². The lowest BCUT2D eigenvalue weighted by Crippen LogP contribution is -2.05. The van der Waals surface area contributed by atoms with E-state index in [2.05, 4.69) is 25.7 Å². The van der Waals surface area contributed by atoms with Crippen LogP contribution in [0.15, 0.2) is 24.3 Å². The molecule has 0 amide bonds. The molecule has 0 aromatic rings. The van der Waals surface area contributed by atoms with E-state index in [1.54, 1.807) is 6.92 Å². The van der Waals surface area contributed by atoms with Crippen LogP contribution in [-0.2, 0) is 9.53 Å². The van der Waals surface area contributed by atoms with Crippen LogP contribution in [0.2, 0.25) is 0 Å². The summed E-state index contributed by atoms with van der Waals surface area (Å²) in [6, 6.07) is 0. The van der Waals surface area contributed by atoms with Crippen molar-refractivity contribution < 1.29 is 9.53 Å². The first kappa shape index (κ1) is 27.0. The number of unbranched alkanes of at least 4 members (excludes halogenated alkanes) is 16. The van der Waals surface area contributed by atoms with Crippen LogP contribution in [-0.4, -0.2) is 12.6 Å². The summed E-state index contributed by atoms with van der Waals surface area (Å²) >= 11 is 0. The van der Waals surface area contributed by atoms with Gasteiger partial charge in [0.2, 0.25) is 0 Å². The highest BCUT2D eigenvalue weighted by atomic mass is 16.5. The summed E-state index contributed by atoms with van der Waals surface area (Å²) in [4.78, 5) is 11.2. The molecule has 28 heavy (non-hydrogen) atoms. The van der Waals surface area contributed by atoms with E-state index in [0.29, 0.717) is 12.2 Å². The van der Waals surface area contributed by atoms with Gasteiger partial charge >= 0.3 is 5.97 Å². The Morgan fingerprint density at radius 3 is 1.50 bits per heavy atom. The molecule has 0 spiro atoms. The van der Waals surface area contributed by atoms with E-state index in [1.807, 2.05) is 0 Å². The van der Waals surface area contributed by atoms with Gasteiger partial charge in [-0.2, -0.15) is 0 Å². The minimum Gasteiger partial charge on any atom is -0.462 e. The molecule has 0 atom stereocenters. The molecule has 0 N–H and O–H groups in total. The number of carbonyl (C=O) groups is 1. The van der Waals surface area contributed by atoms with Gasteiger partial charge in [0.1, 0.15) is 0 Å². The van der Waals surface area contributed by atoms with Gasteiger partial charge in [0.05, 0.1) is 6.61 Å². The third kappa shape index (κ3) is 21.3. The SMILES string of the molecule is C=C(C)C(=O)OCCCCCCCCCCCC/C=C\CCCCCCCC. The maximum absolute atomic E-state index is 11.2. The standard InChI is InChI=1S/C26H48O2/c1-4-5-6-7-8-9-10-11-12-13-14-15-16-17-18-19-20-21-22-23-24-28-26(27)25(2)3/h11-12H,2,4-10,13-24H2,1,3H3/b12-11-. The molecule has 164 valence electrons. The van der Waals surface area contributed by atoms with E-state index < -0.39 is 0 Å². The number of carbonyl (C=O) groups excluding carboxylic acids is 1. The minimum absolute atomic E-state index is 0.256. The molecule has 0 unspecified atom stereocenters. The summed E-state index contributed by atoms with van der Waals surface area (Å²) in [7, 11) is 0. The van der Waals surface area contributed by atoms with Gasteiger partial charge < -0.3 is 4.74 Å². The Morgan fingerprint density at radius 2 is 1.07 bits per heavy atom. The molecule has 0 radical (unpaired) electrons. The molecule has 0 aromatic heterocycles. The van der Waals surface area contributed by atoms with E-state index in [1.165, 1.54) is 103 Å². The monoisotopic (exact) mass is 392 g/mol. The highest BCUT2D eigenvalue weighted by molar-refractivity contribution is 5.86. The molecule has 0 rings (SSSR count). The van der Waals surface area contributed by atoms with Crippen molar-refractivity contribution in [3.63, 3.8) is 0 Å². The van der Waals surface area contributed by atoms with Crippen LogP contribution < -0.4 is 0 Å². The second-order valence-electron chi connectivity index (χ2n) is 8.27. The fourth-order valence-corrected chi connectivity index (χ4v) is 3.34. The molecule has 0 heterocycles. The average molecular weight is 393 g/mol. The molecule has 0 saturated heterocycles. The van der Waals surface area contributed by atoms with E-state index in [4.69, 9.17) is 4.74 Å². The summed E-state index contributed by atoms with van der Waals surface area (Å²) in [5.74, 6) is -0.256. The lowest BCUT2D eigenvalue weighted by molar-refractivity contribution is -0.139.